The Balaban J connectivity index is 1.60. The quantitative estimate of drug-likeness (QED) is 0.246. The standard InChI is InChI=1S/C20H38O9/c1-2-3-4-5-6-7-8-9-10-26-19-18(25)16(23)14(29-19)12-27-20-17(24)15(22)13(11-21)28-20/h13-25H,2-12H2,1H3/t13-,14?,15+,16?,17+,18?,19?,20-/m1/s1. The highest BCUT2D eigenvalue weighted by molar-refractivity contribution is 4.89. The Labute approximate surface area is 172 Å². The van der Waals surface area contributed by atoms with Gasteiger partial charge in [0.15, 0.2) is 12.6 Å². The summed E-state index contributed by atoms with van der Waals surface area (Å²) in [4.78, 5) is 0. The Bertz CT molecular complexity index is 438. The second-order valence-electron chi connectivity index (χ2n) is 7.91. The van der Waals surface area contributed by atoms with E-state index < -0.39 is 55.8 Å². The van der Waals surface area contributed by atoms with Crippen molar-refractivity contribution in [3.63, 3.8) is 0 Å². The number of ether oxygens (including phenoxy) is 4. The largest absolute Gasteiger partial charge is 0.394 e. The molecule has 172 valence electrons. The van der Waals surface area contributed by atoms with E-state index in [0.29, 0.717) is 6.61 Å². The molecule has 29 heavy (non-hydrogen) atoms. The van der Waals surface area contributed by atoms with Crippen LogP contribution >= 0.6 is 0 Å². The Morgan fingerprint density at radius 2 is 1.17 bits per heavy atom. The van der Waals surface area contributed by atoms with Gasteiger partial charge in [0.25, 0.3) is 0 Å². The first kappa shape index (κ1) is 24.9. The topological polar surface area (TPSA) is 138 Å². The van der Waals surface area contributed by atoms with Gasteiger partial charge in [0.2, 0.25) is 0 Å². The first-order valence-electron chi connectivity index (χ1n) is 10.9. The van der Waals surface area contributed by atoms with Crippen molar-refractivity contribution in [3.8, 4) is 0 Å². The van der Waals surface area contributed by atoms with Crippen molar-refractivity contribution in [3.05, 3.63) is 0 Å². The van der Waals surface area contributed by atoms with Crippen molar-refractivity contribution in [2.75, 3.05) is 19.8 Å². The van der Waals surface area contributed by atoms with Gasteiger partial charge in [-0.3, -0.25) is 0 Å². The monoisotopic (exact) mass is 422 g/mol. The molecule has 2 fully saturated rings. The minimum absolute atomic E-state index is 0.164. The molecular weight excluding hydrogens is 384 g/mol. The minimum Gasteiger partial charge on any atom is -0.394 e. The van der Waals surface area contributed by atoms with E-state index in [4.69, 9.17) is 24.1 Å². The van der Waals surface area contributed by atoms with Gasteiger partial charge >= 0.3 is 0 Å². The number of hydrogen-bond acceptors (Lipinski definition) is 9. The van der Waals surface area contributed by atoms with Crippen molar-refractivity contribution in [1.29, 1.82) is 0 Å². The molecule has 4 unspecified atom stereocenters. The average molecular weight is 423 g/mol. The Morgan fingerprint density at radius 1 is 0.655 bits per heavy atom. The van der Waals surface area contributed by atoms with Gasteiger partial charge in [0.05, 0.1) is 13.2 Å². The second-order valence-corrected chi connectivity index (χ2v) is 7.91. The van der Waals surface area contributed by atoms with Crippen LogP contribution in [0.5, 0.6) is 0 Å². The molecule has 0 radical (unpaired) electrons. The van der Waals surface area contributed by atoms with E-state index in [0.717, 1.165) is 19.3 Å². The van der Waals surface area contributed by atoms with E-state index in [9.17, 15) is 20.4 Å². The number of rotatable bonds is 14. The van der Waals surface area contributed by atoms with Crippen LogP contribution in [0.15, 0.2) is 0 Å². The predicted molar refractivity (Wildman–Crippen MR) is 103 cm³/mol. The first-order valence-corrected chi connectivity index (χ1v) is 10.9. The van der Waals surface area contributed by atoms with Gasteiger partial charge in [-0.05, 0) is 6.42 Å². The van der Waals surface area contributed by atoms with Crippen LogP contribution in [-0.4, -0.2) is 94.6 Å². The number of aliphatic hydroxyl groups excluding tert-OH is 5. The molecule has 0 saturated carbocycles. The molecule has 8 atom stereocenters. The fraction of sp³-hybridized carbons (Fsp3) is 1.00. The number of aliphatic hydroxyl groups is 5. The van der Waals surface area contributed by atoms with Crippen molar-refractivity contribution in [1.82, 2.24) is 0 Å². The van der Waals surface area contributed by atoms with Crippen LogP contribution in [0.2, 0.25) is 0 Å². The molecule has 0 aromatic heterocycles. The highest BCUT2D eigenvalue weighted by Crippen LogP contribution is 2.26. The zero-order valence-corrected chi connectivity index (χ0v) is 17.3. The molecule has 2 rings (SSSR count). The molecule has 0 aliphatic carbocycles. The summed E-state index contributed by atoms with van der Waals surface area (Å²) in [5.74, 6) is 0. The van der Waals surface area contributed by atoms with E-state index in [2.05, 4.69) is 6.92 Å². The Kier molecular flexibility index (Phi) is 11.3. The van der Waals surface area contributed by atoms with Crippen molar-refractivity contribution in [2.45, 2.75) is 107 Å². The van der Waals surface area contributed by atoms with Crippen LogP contribution in [0.25, 0.3) is 0 Å². The van der Waals surface area contributed by atoms with Gasteiger partial charge < -0.3 is 44.5 Å². The lowest BCUT2D eigenvalue weighted by atomic mass is 10.1. The molecule has 2 heterocycles. The summed E-state index contributed by atoms with van der Waals surface area (Å²) in [6.07, 6.45) is 0.559. The number of hydrogen-bond donors (Lipinski definition) is 5. The lowest BCUT2D eigenvalue weighted by Gasteiger charge is -2.20. The van der Waals surface area contributed by atoms with Crippen LogP contribution in [0.3, 0.4) is 0 Å². The predicted octanol–water partition coefficient (Wildman–Crippen LogP) is 0.0460. The van der Waals surface area contributed by atoms with Gasteiger partial charge in [0.1, 0.15) is 36.6 Å². The molecule has 0 spiro atoms. The summed E-state index contributed by atoms with van der Waals surface area (Å²) in [7, 11) is 0. The SMILES string of the molecule is CCCCCCCCCCOC1OC(CO[C@@H]2O[C@H](CO)[C@H](O)[C@@H]2O)C(O)C1O. The highest BCUT2D eigenvalue weighted by atomic mass is 16.7. The van der Waals surface area contributed by atoms with Crippen molar-refractivity contribution < 1.29 is 44.5 Å². The third-order valence-electron chi connectivity index (χ3n) is 5.52. The normalized spacial score (nSPS) is 37.4. The minimum atomic E-state index is -1.32. The summed E-state index contributed by atoms with van der Waals surface area (Å²) in [5, 5.41) is 48.9. The molecule has 5 N–H and O–H groups in total. The van der Waals surface area contributed by atoms with Gasteiger partial charge in [-0.25, -0.2) is 0 Å². The maximum Gasteiger partial charge on any atom is 0.186 e. The van der Waals surface area contributed by atoms with Crippen LogP contribution in [0, 0.1) is 0 Å². The molecule has 0 aromatic rings. The zero-order chi connectivity index (χ0) is 21.2. The van der Waals surface area contributed by atoms with E-state index in [1.165, 1.54) is 32.1 Å². The Morgan fingerprint density at radius 3 is 1.76 bits per heavy atom. The molecule has 2 aliphatic heterocycles. The van der Waals surface area contributed by atoms with Gasteiger partial charge in [-0.1, -0.05) is 51.9 Å². The Hall–Kier alpha value is -0.360. The zero-order valence-electron chi connectivity index (χ0n) is 17.3. The summed E-state index contributed by atoms with van der Waals surface area (Å²) < 4.78 is 21.7. The third kappa shape index (κ3) is 7.37. The van der Waals surface area contributed by atoms with Crippen LogP contribution < -0.4 is 0 Å². The highest BCUT2D eigenvalue weighted by Gasteiger charge is 2.46. The van der Waals surface area contributed by atoms with E-state index >= 15 is 0 Å². The lowest BCUT2D eigenvalue weighted by Crippen LogP contribution is -2.38. The smallest absolute Gasteiger partial charge is 0.186 e. The van der Waals surface area contributed by atoms with E-state index in [1.54, 1.807) is 0 Å². The summed E-state index contributed by atoms with van der Waals surface area (Å²) in [6, 6.07) is 0. The molecule has 9 heteroatoms. The fourth-order valence-electron chi connectivity index (χ4n) is 3.62. The summed E-state index contributed by atoms with van der Waals surface area (Å²) in [5.41, 5.74) is 0. The molecule has 0 bridgehead atoms. The van der Waals surface area contributed by atoms with Crippen LogP contribution in [-0.2, 0) is 18.9 Å². The second kappa shape index (κ2) is 13.1. The van der Waals surface area contributed by atoms with Crippen molar-refractivity contribution in [2.24, 2.45) is 0 Å². The fourth-order valence-corrected chi connectivity index (χ4v) is 3.62. The van der Waals surface area contributed by atoms with Crippen LogP contribution in [0.1, 0.15) is 58.3 Å². The lowest BCUT2D eigenvalue weighted by molar-refractivity contribution is -0.206. The van der Waals surface area contributed by atoms with E-state index in [-0.39, 0.29) is 6.61 Å². The average Bonchev–Trinajstić information content (AvgIpc) is 3.15. The molecule has 2 aliphatic rings. The van der Waals surface area contributed by atoms with E-state index in [1.807, 2.05) is 0 Å². The van der Waals surface area contributed by atoms with Gasteiger partial charge in [0, 0.05) is 6.61 Å². The summed E-state index contributed by atoms with van der Waals surface area (Å²) >= 11 is 0. The third-order valence-corrected chi connectivity index (χ3v) is 5.52. The number of unbranched alkanes of at least 4 members (excludes halogenated alkanes) is 7. The molecule has 0 aromatic carbocycles. The van der Waals surface area contributed by atoms with Gasteiger partial charge in [-0.2, -0.15) is 0 Å². The molecule has 9 nitrogen and oxygen atoms in total. The van der Waals surface area contributed by atoms with Crippen LogP contribution in [0.4, 0.5) is 0 Å². The summed E-state index contributed by atoms with van der Waals surface area (Å²) in [6.45, 7) is 2.02. The van der Waals surface area contributed by atoms with Crippen molar-refractivity contribution >= 4 is 0 Å². The maximum atomic E-state index is 10.1. The molecular formula is C20H38O9. The first-order chi connectivity index (χ1) is 14.0. The molecule has 0 amide bonds. The molecule has 2 saturated heterocycles. The maximum absolute atomic E-state index is 10.1. The van der Waals surface area contributed by atoms with Gasteiger partial charge in [-0.15, -0.1) is 0 Å².